The smallest absolute Gasteiger partial charge is 0.338 e. The molecule has 1 fully saturated rings. The van der Waals surface area contributed by atoms with Crippen LogP contribution < -0.4 is 5.32 Å². The van der Waals surface area contributed by atoms with E-state index in [1.54, 1.807) is 25.1 Å². The van der Waals surface area contributed by atoms with Crippen molar-refractivity contribution < 1.29 is 14.3 Å². The highest BCUT2D eigenvalue weighted by Gasteiger charge is 2.15. The summed E-state index contributed by atoms with van der Waals surface area (Å²) in [7, 11) is 0. The van der Waals surface area contributed by atoms with Gasteiger partial charge in [-0.2, -0.15) is 0 Å². The van der Waals surface area contributed by atoms with Gasteiger partial charge in [0, 0.05) is 17.8 Å². The van der Waals surface area contributed by atoms with E-state index in [-0.39, 0.29) is 11.9 Å². The third-order valence-electron chi connectivity index (χ3n) is 5.15. The number of nitrogens with one attached hydrogen (secondary N) is 1. The third-order valence-corrected chi connectivity index (χ3v) is 5.15. The van der Waals surface area contributed by atoms with Gasteiger partial charge in [0.05, 0.1) is 12.2 Å². The average molecular weight is 380 g/mol. The molecule has 28 heavy (non-hydrogen) atoms. The van der Waals surface area contributed by atoms with Gasteiger partial charge in [-0.15, -0.1) is 0 Å². The Morgan fingerprint density at radius 1 is 1.04 bits per heavy atom. The lowest BCUT2D eigenvalue weighted by Crippen LogP contribution is -2.29. The van der Waals surface area contributed by atoms with Gasteiger partial charge in [0.25, 0.3) is 5.91 Å². The van der Waals surface area contributed by atoms with Gasteiger partial charge in [0.2, 0.25) is 0 Å². The maximum Gasteiger partial charge on any atom is 0.338 e. The van der Waals surface area contributed by atoms with Gasteiger partial charge in [0.15, 0.2) is 0 Å². The first-order valence-electron chi connectivity index (χ1n) is 9.98. The Bertz CT molecular complexity index is 824. The molecule has 148 valence electrons. The molecule has 1 N–H and O–H groups in total. The number of carbonyl (C=O) groups excluding carboxylic acids is 2. The molecule has 5 heteroatoms. The summed E-state index contributed by atoms with van der Waals surface area (Å²) >= 11 is 0. The molecular formula is C23H28N2O3. The molecule has 1 aliphatic heterocycles. The van der Waals surface area contributed by atoms with Gasteiger partial charge in [-0.25, -0.2) is 4.79 Å². The van der Waals surface area contributed by atoms with Gasteiger partial charge >= 0.3 is 5.97 Å². The van der Waals surface area contributed by atoms with Crippen LogP contribution >= 0.6 is 0 Å². The lowest BCUT2D eigenvalue weighted by Gasteiger charge is -2.26. The van der Waals surface area contributed by atoms with Gasteiger partial charge in [-0.05, 0) is 75.2 Å². The fraction of sp³-hybridized carbons (Fsp3) is 0.391. The predicted octanol–water partition coefficient (Wildman–Crippen LogP) is 4.41. The number of hydrogen-bond donors (Lipinski definition) is 1. The van der Waals surface area contributed by atoms with Crippen LogP contribution in [0.5, 0.6) is 0 Å². The summed E-state index contributed by atoms with van der Waals surface area (Å²) in [5.41, 5.74) is 3.61. The van der Waals surface area contributed by atoms with Crippen molar-refractivity contribution in [3.8, 4) is 0 Å². The predicted molar refractivity (Wildman–Crippen MR) is 111 cm³/mol. The van der Waals surface area contributed by atoms with Gasteiger partial charge in [0.1, 0.15) is 0 Å². The number of hydrogen-bond acceptors (Lipinski definition) is 4. The Morgan fingerprint density at radius 2 is 1.75 bits per heavy atom. The summed E-state index contributed by atoms with van der Waals surface area (Å²) < 4.78 is 5.07. The summed E-state index contributed by atoms with van der Waals surface area (Å²) in [4.78, 5) is 27.1. The zero-order valence-electron chi connectivity index (χ0n) is 16.7. The van der Waals surface area contributed by atoms with Crippen molar-refractivity contribution in [3.63, 3.8) is 0 Å². The van der Waals surface area contributed by atoms with Crippen molar-refractivity contribution in [1.82, 2.24) is 4.90 Å². The molecule has 0 spiro atoms. The Balaban J connectivity index is 1.66. The summed E-state index contributed by atoms with van der Waals surface area (Å²) in [6.45, 7) is 7.13. The molecule has 0 unspecified atom stereocenters. The molecule has 1 amide bonds. The summed E-state index contributed by atoms with van der Waals surface area (Å²) in [5.74, 6) is -0.563. The minimum Gasteiger partial charge on any atom is -0.462 e. The number of carbonyl (C=O) groups is 2. The van der Waals surface area contributed by atoms with Gasteiger partial charge in [-0.1, -0.05) is 24.6 Å². The van der Waals surface area contributed by atoms with Crippen LogP contribution in [-0.2, 0) is 11.3 Å². The Kier molecular flexibility index (Phi) is 6.82. The first kappa shape index (κ1) is 20.1. The molecule has 0 bridgehead atoms. The quantitative estimate of drug-likeness (QED) is 0.754. The number of benzene rings is 2. The van der Waals surface area contributed by atoms with Crippen LogP contribution in [0.4, 0.5) is 5.69 Å². The van der Waals surface area contributed by atoms with Crippen molar-refractivity contribution in [1.29, 1.82) is 0 Å². The van der Waals surface area contributed by atoms with Crippen LogP contribution in [0.1, 0.15) is 58.0 Å². The van der Waals surface area contributed by atoms with Crippen LogP contribution in [-0.4, -0.2) is 36.5 Å². The van der Waals surface area contributed by atoms with E-state index in [0.29, 0.717) is 29.0 Å². The fourth-order valence-electron chi connectivity index (χ4n) is 3.53. The summed E-state index contributed by atoms with van der Waals surface area (Å²) in [6, 6.07) is 13.0. The van der Waals surface area contributed by atoms with E-state index in [2.05, 4.69) is 10.2 Å². The van der Waals surface area contributed by atoms with E-state index in [1.807, 2.05) is 31.2 Å². The Hall–Kier alpha value is -2.66. The van der Waals surface area contributed by atoms with Crippen LogP contribution in [0.25, 0.3) is 0 Å². The molecule has 0 aromatic heterocycles. The molecule has 0 saturated carbocycles. The van der Waals surface area contributed by atoms with Gasteiger partial charge in [-0.3, -0.25) is 9.69 Å². The highest BCUT2D eigenvalue weighted by Crippen LogP contribution is 2.21. The normalized spacial score (nSPS) is 14.5. The largest absolute Gasteiger partial charge is 0.462 e. The van der Waals surface area contributed by atoms with E-state index in [1.165, 1.54) is 24.8 Å². The topological polar surface area (TPSA) is 58.6 Å². The summed E-state index contributed by atoms with van der Waals surface area (Å²) in [5, 5.41) is 2.91. The molecule has 3 rings (SSSR count). The molecule has 1 aliphatic rings. The zero-order valence-corrected chi connectivity index (χ0v) is 16.7. The molecule has 0 atom stereocenters. The second kappa shape index (κ2) is 9.51. The minimum atomic E-state index is -0.377. The number of ether oxygens (including phenoxy) is 1. The third kappa shape index (κ3) is 4.98. The van der Waals surface area contributed by atoms with E-state index in [0.717, 1.165) is 19.6 Å². The lowest BCUT2D eigenvalue weighted by molar-refractivity contribution is 0.0525. The fourth-order valence-corrected chi connectivity index (χ4v) is 3.53. The number of rotatable bonds is 6. The van der Waals surface area contributed by atoms with E-state index >= 15 is 0 Å². The van der Waals surface area contributed by atoms with Crippen LogP contribution in [0.15, 0.2) is 42.5 Å². The second-order valence-electron chi connectivity index (χ2n) is 7.19. The molecule has 1 heterocycles. The van der Waals surface area contributed by atoms with Gasteiger partial charge < -0.3 is 10.1 Å². The number of likely N-dealkylation sites (tertiary alicyclic amines) is 1. The highest BCUT2D eigenvalue weighted by molar-refractivity contribution is 6.05. The Labute approximate surface area is 166 Å². The van der Waals surface area contributed by atoms with Crippen LogP contribution in [0.3, 0.4) is 0 Å². The number of anilines is 1. The molecule has 1 saturated heterocycles. The summed E-state index contributed by atoms with van der Waals surface area (Å²) in [6.07, 6.45) is 3.86. The average Bonchev–Trinajstić information content (AvgIpc) is 2.71. The maximum absolute atomic E-state index is 12.6. The molecule has 0 aliphatic carbocycles. The number of nitrogens with zero attached hydrogens (tertiary/aromatic N) is 1. The second-order valence-corrected chi connectivity index (χ2v) is 7.19. The lowest BCUT2D eigenvalue weighted by atomic mass is 10.1. The zero-order chi connectivity index (χ0) is 19.9. The first-order chi connectivity index (χ1) is 13.6. The van der Waals surface area contributed by atoms with Crippen molar-refractivity contribution in [2.75, 3.05) is 25.0 Å². The number of amides is 1. The SMILES string of the molecule is CCOC(=O)c1cccc(NC(=O)c2ccc(CN3CCCCC3)cc2)c1C. The molecule has 2 aromatic carbocycles. The minimum absolute atomic E-state index is 0.186. The van der Waals surface area contributed by atoms with Crippen molar-refractivity contribution in [2.24, 2.45) is 0 Å². The highest BCUT2D eigenvalue weighted by atomic mass is 16.5. The van der Waals surface area contributed by atoms with E-state index in [4.69, 9.17) is 4.74 Å². The van der Waals surface area contributed by atoms with E-state index in [9.17, 15) is 9.59 Å². The Morgan fingerprint density at radius 3 is 2.43 bits per heavy atom. The standard InChI is InChI=1S/C23H28N2O3/c1-3-28-23(27)20-8-7-9-21(17(20)2)24-22(26)19-12-10-18(11-13-19)16-25-14-5-4-6-15-25/h7-13H,3-6,14-16H2,1-2H3,(H,24,26). The maximum atomic E-state index is 12.6. The van der Waals surface area contributed by atoms with Crippen LogP contribution in [0, 0.1) is 6.92 Å². The molecule has 5 nitrogen and oxygen atoms in total. The number of esters is 1. The molecule has 2 aromatic rings. The van der Waals surface area contributed by atoms with Crippen molar-refractivity contribution in [3.05, 3.63) is 64.7 Å². The monoisotopic (exact) mass is 380 g/mol. The van der Waals surface area contributed by atoms with Crippen molar-refractivity contribution in [2.45, 2.75) is 39.7 Å². The van der Waals surface area contributed by atoms with Crippen molar-refractivity contribution >= 4 is 17.6 Å². The van der Waals surface area contributed by atoms with E-state index < -0.39 is 0 Å². The first-order valence-corrected chi connectivity index (χ1v) is 9.98. The van der Waals surface area contributed by atoms with Crippen LogP contribution in [0.2, 0.25) is 0 Å². The molecular weight excluding hydrogens is 352 g/mol. The number of piperidine rings is 1. The molecule has 0 radical (unpaired) electrons.